The standard InChI is InChI=1S/C9H18.C7H16S2.C6H10.2C6H14.C5H12.C3H6S2.2C2H6.CH4/c1-8(2)6-5-7-9(3)4;1-4-8-9-6-5-7(2)3;1-6-4-2-3-5-6;2*1-4-5-6(2)3;1-4-5(2)3;1-2-4-5-3-1;2*1-2;/h9H,1,5-7H2,2-4H3;7H,4-6H2,1-3H3;1-5H2;2*6H,4-5H2,1-3H3;5H,4H2,1-3H3;1-3H2;2*1-2H3;1H4. The Morgan fingerprint density at radius 2 is 0.980 bits per heavy atom. The van der Waals surface area contributed by atoms with Gasteiger partial charge in [0, 0.05) is 23.0 Å². The van der Waals surface area contributed by atoms with Crippen molar-refractivity contribution in [3.05, 3.63) is 24.3 Å². The molecule has 318 valence electrons. The smallest absolute Gasteiger partial charge is 0.00450 e. The number of allylic oxidation sites excluding steroid dienone is 2. The van der Waals surface area contributed by atoms with Crippen LogP contribution in [0.2, 0.25) is 0 Å². The molecule has 1 heterocycles. The molecule has 0 bridgehead atoms. The Labute approximate surface area is 346 Å². The molecule has 2 aliphatic rings. The third-order valence-electron chi connectivity index (χ3n) is 6.76. The maximum absolute atomic E-state index is 3.85. The Morgan fingerprint density at radius 3 is 1.16 bits per heavy atom. The summed E-state index contributed by atoms with van der Waals surface area (Å²) in [7, 11) is 7.95. The Kier molecular flexibility index (Phi) is 89.9. The molecule has 0 N–H and O–H groups in total. The normalized spacial score (nSPS) is 12.2. The van der Waals surface area contributed by atoms with Crippen LogP contribution in [0.3, 0.4) is 0 Å². The minimum Gasteiger partial charge on any atom is -0.100 e. The second-order valence-corrected chi connectivity index (χ2v) is 20.3. The van der Waals surface area contributed by atoms with Crippen molar-refractivity contribution in [3.8, 4) is 0 Å². The molecule has 0 amide bonds. The van der Waals surface area contributed by atoms with E-state index in [1.165, 1.54) is 124 Å². The van der Waals surface area contributed by atoms with Crippen molar-refractivity contribution in [2.24, 2.45) is 29.6 Å². The lowest BCUT2D eigenvalue weighted by molar-refractivity contribution is 0.555. The first-order valence-corrected chi connectivity index (χ1v) is 26.4. The Balaban J connectivity index is -0.0000000697. The van der Waals surface area contributed by atoms with Gasteiger partial charge in [0.15, 0.2) is 0 Å². The highest BCUT2D eigenvalue weighted by Gasteiger charge is 2.01. The SMILES string of the molecule is C.C1CSSC1.C=C(C)CCCC(C)C.C=C1CCCC1.CC.CC.CCC(C)C.CCCC(C)C.CCCC(C)C.CCSSCCC(C)C. The fraction of sp³-hybridized carbons (Fsp3) is 0.915. The van der Waals surface area contributed by atoms with Crippen LogP contribution in [0.1, 0.15) is 229 Å². The van der Waals surface area contributed by atoms with Crippen molar-refractivity contribution in [3.63, 3.8) is 0 Å². The Hall–Kier alpha value is 0.880. The first-order chi connectivity index (χ1) is 23.6. The van der Waals surface area contributed by atoms with Crippen molar-refractivity contribution >= 4 is 43.2 Å². The van der Waals surface area contributed by atoms with Gasteiger partial charge in [-0.3, -0.25) is 0 Å². The quantitative estimate of drug-likeness (QED) is 0.0975. The van der Waals surface area contributed by atoms with Crippen molar-refractivity contribution in [1.82, 2.24) is 0 Å². The van der Waals surface area contributed by atoms with Gasteiger partial charge < -0.3 is 0 Å². The summed E-state index contributed by atoms with van der Waals surface area (Å²) in [6.45, 7) is 49.2. The molecule has 0 aromatic carbocycles. The van der Waals surface area contributed by atoms with Gasteiger partial charge in [-0.15, -0.1) is 6.58 Å². The van der Waals surface area contributed by atoms with Crippen LogP contribution < -0.4 is 0 Å². The first kappa shape index (κ1) is 69.8. The highest BCUT2D eigenvalue weighted by atomic mass is 33.1. The van der Waals surface area contributed by atoms with Gasteiger partial charge in [-0.2, -0.15) is 0 Å². The molecule has 0 atom stereocenters. The van der Waals surface area contributed by atoms with Crippen molar-refractivity contribution < 1.29 is 0 Å². The zero-order valence-corrected chi connectivity index (χ0v) is 41.9. The minimum absolute atomic E-state index is 0. The molecular weight excluding hydrogens is 693 g/mol. The van der Waals surface area contributed by atoms with Gasteiger partial charge in [0.1, 0.15) is 0 Å². The molecule has 0 aromatic rings. The van der Waals surface area contributed by atoms with Crippen LogP contribution in [0.4, 0.5) is 0 Å². The number of hydrogen-bond donors (Lipinski definition) is 0. The highest BCUT2D eigenvalue weighted by Crippen LogP contribution is 2.29. The molecule has 1 saturated heterocycles. The van der Waals surface area contributed by atoms with Gasteiger partial charge in [0.2, 0.25) is 0 Å². The maximum atomic E-state index is 3.85. The Bertz CT molecular complexity index is 523. The van der Waals surface area contributed by atoms with E-state index in [1.807, 2.05) is 70.9 Å². The summed E-state index contributed by atoms with van der Waals surface area (Å²) in [5.74, 6) is 9.72. The summed E-state index contributed by atoms with van der Waals surface area (Å²) >= 11 is 0. The lowest BCUT2D eigenvalue weighted by atomic mass is 10.0. The van der Waals surface area contributed by atoms with Gasteiger partial charge in [-0.25, -0.2) is 0 Å². The van der Waals surface area contributed by atoms with Gasteiger partial charge in [-0.05, 0) is 87.9 Å². The fourth-order valence-corrected chi connectivity index (χ4v) is 7.91. The van der Waals surface area contributed by atoms with Gasteiger partial charge in [0.25, 0.3) is 0 Å². The van der Waals surface area contributed by atoms with E-state index in [1.54, 1.807) is 0 Å². The van der Waals surface area contributed by atoms with Gasteiger partial charge in [-0.1, -0.05) is 231 Å². The van der Waals surface area contributed by atoms with Gasteiger partial charge >= 0.3 is 0 Å². The fourth-order valence-electron chi connectivity index (χ4n) is 3.56. The maximum Gasteiger partial charge on any atom is 0.00450 e. The van der Waals surface area contributed by atoms with E-state index in [-0.39, 0.29) is 7.43 Å². The lowest BCUT2D eigenvalue weighted by Crippen LogP contribution is -1.87. The summed E-state index contributed by atoms with van der Waals surface area (Å²) in [6, 6.07) is 0. The Morgan fingerprint density at radius 1 is 0.608 bits per heavy atom. The van der Waals surface area contributed by atoms with E-state index >= 15 is 0 Å². The van der Waals surface area contributed by atoms with Crippen LogP contribution in [-0.2, 0) is 0 Å². The second-order valence-electron chi connectivity index (χ2n) is 14.8. The molecule has 0 radical (unpaired) electrons. The zero-order valence-electron chi connectivity index (χ0n) is 38.7. The predicted molar refractivity (Wildman–Crippen MR) is 265 cm³/mol. The molecular formula is C47H106S4. The van der Waals surface area contributed by atoms with Crippen LogP contribution in [0.15, 0.2) is 24.3 Å². The highest BCUT2D eigenvalue weighted by molar-refractivity contribution is 8.77. The molecule has 4 heteroatoms. The number of hydrogen-bond acceptors (Lipinski definition) is 4. The molecule has 0 nitrogen and oxygen atoms in total. The monoisotopic (exact) mass is 799 g/mol. The molecule has 2 rings (SSSR count). The van der Waals surface area contributed by atoms with E-state index in [9.17, 15) is 0 Å². The average Bonchev–Trinajstić information content (AvgIpc) is 3.80. The molecule has 0 aromatic heterocycles. The van der Waals surface area contributed by atoms with Crippen molar-refractivity contribution in [2.75, 3.05) is 23.0 Å². The molecule has 1 aliphatic carbocycles. The summed E-state index contributed by atoms with van der Waals surface area (Å²) in [5, 5.41) is 0. The average molecular weight is 800 g/mol. The van der Waals surface area contributed by atoms with E-state index in [0.717, 1.165) is 29.6 Å². The molecule has 2 fully saturated rings. The molecule has 0 unspecified atom stereocenters. The van der Waals surface area contributed by atoms with Crippen LogP contribution in [0.25, 0.3) is 0 Å². The lowest BCUT2D eigenvalue weighted by Gasteiger charge is -2.02. The molecule has 51 heavy (non-hydrogen) atoms. The van der Waals surface area contributed by atoms with E-state index in [0.29, 0.717) is 0 Å². The first-order valence-electron chi connectivity index (χ1n) is 21.4. The third-order valence-corrected chi connectivity index (χ3v) is 11.9. The summed E-state index contributed by atoms with van der Waals surface area (Å²) in [5.41, 5.74) is 2.77. The van der Waals surface area contributed by atoms with E-state index in [4.69, 9.17) is 0 Å². The van der Waals surface area contributed by atoms with E-state index < -0.39 is 0 Å². The van der Waals surface area contributed by atoms with Crippen LogP contribution in [0.5, 0.6) is 0 Å². The van der Waals surface area contributed by atoms with Crippen LogP contribution >= 0.6 is 43.2 Å². The minimum atomic E-state index is 0. The molecule has 0 spiro atoms. The molecule has 1 aliphatic heterocycles. The van der Waals surface area contributed by atoms with Gasteiger partial charge in [0.05, 0.1) is 0 Å². The summed E-state index contributed by atoms with van der Waals surface area (Å²) in [6.07, 6.45) is 18.7. The van der Waals surface area contributed by atoms with Crippen molar-refractivity contribution in [2.45, 2.75) is 229 Å². The largest absolute Gasteiger partial charge is 0.100 e. The summed E-state index contributed by atoms with van der Waals surface area (Å²) in [4.78, 5) is 0. The predicted octanol–water partition coefficient (Wildman–Crippen LogP) is 20.3. The summed E-state index contributed by atoms with van der Waals surface area (Å²) < 4.78 is 0. The second kappa shape index (κ2) is 65.7. The van der Waals surface area contributed by atoms with Crippen molar-refractivity contribution in [1.29, 1.82) is 0 Å². The molecule has 1 saturated carbocycles. The zero-order chi connectivity index (χ0) is 40.6. The topological polar surface area (TPSA) is 0 Å². The van der Waals surface area contributed by atoms with Crippen LogP contribution in [0, 0.1) is 29.6 Å². The number of rotatable bonds is 14. The van der Waals surface area contributed by atoms with E-state index in [2.05, 4.69) is 117 Å². The van der Waals surface area contributed by atoms with Crippen LogP contribution in [-0.4, -0.2) is 23.0 Å². The third kappa shape index (κ3) is 112.